The molecule has 0 aliphatic heterocycles. The van der Waals surface area contributed by atoms with Crippen LogP contribution in [0.25, 0.3) is 0 Å². The van der Waals surface area contributed by atoms with Gasteiger partial charge in [-0.1, -0.05) is 29.8 Å². The minimum absolute atomic E-state index is 0.124. The molecule has 0 spiro atoms. The van der Waals surface area contributed by atoms with Gasteiger partial charge in [0.2, 0.25) is 0 Å². The first-order chi connectivity index (χ1) is 19.0. The van der Waals surface area contributed by atoms with Crippen molar-refractivity contribution in [3.63, 3.8) is 0 Å². The van der Waals surface area contributed by atoms with Crippen molar-refractivity contribution in [1.29, 1.82) is 0 Å². The Balaban J connectivity index is 1.06. The van der Waals surface area contributed by atoms with Crippen LogP contribution in [-0.2, 0) is 23.8 Å². The first-order valence-corrected chi connectivity index (χ1v) is 17.3. The van der Waals surface area contributed by atoms with Crippen molar-refractivity contribution >= 4 is 16.1 Å². The normalized spacial score (nSPS) is 51.9. The van der Waals surface area contributed by atoms with Crippen LogP contribution in [0.1, 0.15) is 52.0 Å². The summed E-state index contributed by atoms with van der Waals surface area (Å²) in [5, 5.41) is 0. The van der Waals surface area contributed by atoms with Crippen LogP contribution < -0.4 is 0 Å². The molecule has 0 N–H and O–H groups in total. The lowest BCUT2D eigenvalue weighted by atomic mass is 9.54. The van der Waals surface area contributed by atoms with Gasteiger partial charge < -0.3 is 4.74 Å². The first kappa shape index (κ1) is 24.9. The summed E-state index contributed by atoms with van der Waals surface area (Å²) >= 11 is 0. The molecule has 6 heteroatoms. The molecule has 5 nitrogen and oxygen atoms in total. The van der Waals surface area contributed by atoms with Gasteiger partial charge in [0.1, 0.15) is 5.60 Å². The number of benzene rings is 1. The third kappa shape index (κ3) is 3.08. The van der Waals surface area contributed by atoms with E-state index >= 15 is 0 Å². The Hall–Kier alpha value is -1.66. The second-order valence-electron chi connectivity index (χ2n) is 16.0. The number of carbonyl (C=O) groups is 1. The molecule has 16 atom stereocenters. The predicted molar refractivity (Wildman–Crippen MR) is 149 cm³/mol. The van der Waals surface area contributed by atoms with Gasteiger partial charge in [0.15, 0.2) is 0 Å². The summed E-state index contributed by atoms with van der Waals surface area (Å²) in [5.74, 6) is 8.80. The molecule has 8 aliphatic carbocycles. The van der Waals surface area contributed by atoms with E-state index in [1.807, 2.05) is 39.8 Å². The number of rotatable bonds is 4. The zero-order valence-electron chi connectivity index (χ0n) is 24.0. The molecule has 7 fully saturated rings. The van der Waals surface area contributed by atoms with E-state index in [0.717, 1.165) is 59.3 Å². The number of carbonyl (C=O) groups excluding carboxylic acids is 1. The molecule has 8 aliphatic rings. The lowest BCUT2D eigenvalue weighted by Gasteiger charge is -2.51. The van der Waals surface area contributed by atoms with Gasteiger partial charge in [-0.25, -0.2) is 0 Å². The molecule has 40 heavy (non-hydrogen) atoms. The summed E-state index contributed by atoms with van der Waals surface area (Å²) < 4.78 is 39.3. The molecule has 0 heterocycles. The standard InChI is InChI=1S/C34H42O5S/c1-15-5-9-18(10-6-15)40(36,37)39-32-24-14-23(31(32)33(35)38-34(2,3)4)29-21-13-22(30(24)29)28-20-12-19(27(21)28)25-16-7-8-17(11-16)26(20)25/h5-10,16-17,19-32H,11-14H2,1-4H3. The molecule has 16 unspecified atom stereocenters. The van der Waals surface area contributed by atoms with Crippen LogP contribution in [0.2, 0.25) is 0 Å². The molecule has 9 rings (SSSR count). The van der Waals surface area contributed by atoms with E-state index in [1.165, 1.54) is 19.3 Å². The zero-order chi connectivity index (χ0) is 27.5. The van der Waals surface area contributed by atoms with Crippen LogP contribution in [0.4, 0.5) is 0 Å². The quantitative estimate of drug-likeness (QED) is 0.198. The topological polar surface area (TPSA) is 69.7 Å². The van der Waals surface area contributed by atoms with Crippen molar-refractivity contribution in [1.82, 2.24) is 0 Å². The number of esters is 1. The van der Waals surface area contributed by atoms with E-state index in [4.69, 9.17) is 8.92 Å². The molecule has 1 aromatic rings. The number of hydrogen-bond acceptors (Lipinski definition) is 5. The van der Waals surface area contributed by atoms with E-state index in [0.29, 0.717) is 23.7 Å². The molecule has 214 valence electrons. The predicted octanol–water partition coefficient (Wildman–Crippen LogP) is 5.88. The molecule has 0 saturated heterocycles. The Bertz CT molecular complexity index is 1410. The van der Waals surface area contributed by atoms with Gasteiger partial charge in [-0.15, -0.1) is 0 Å². The number of hydrogen-bond donors (Lipinski definition) is 0. The van der Waals surface area contributed by atoms with Crippen molar-refractivity contribution in [2.75, 3.05) is 0 Å². The second kappa shape index (κ2) is 7.83. The average Bonchev–Trinajstić information content (AvgIpc) is 3.71. The molecule has 7 saturated carbocycles. The Kier molecular flexibility index (Phi) is 4.88. The van der Waals surface area contributed by atoms with Crippen molar-refractivity contribution < 1.29 is 22.1 Å². The van der Waals surface area contributed by atoms with E-state index < -0.39 is 27.7 Å². The molecular weight excluding hydrogens is 520 g/mol. The SMILES string of the molecule is Cc1ccc(S(=O)(=O)OC2C3CC(C2C(=O)OC(C)(C)C)C2C4CC(C32)C2C3CC(C5C6C=CC(C6)C35)C42)cc1. The monoisotopic (exact) mass is 562 g/mol. The number of ether oxygens (including phenoxy) is 1. The maximum atomic E-state index is 13.8. The minimum Gasteiger partial charge on any atom is -0.460 e. The van der Waals surface area contributed by atoms with Gasteiger partial charge in [-0.2, -0.15) is 8.42 Å². The zero-order valence-corrected chi connectivity index (χ0v) is 24.8. The number of allylic oxidation sites excluding steroid dienone is 2. The summed E-state index contributed by atoms with van der Waals surface area (Å²) in [6.45, 7) is 7.64. The lowest BCUT2D eigenvalue weighted by Crippen LogP contribution is -2.52. The highest BCUT2D eigenvalue weighted by Crippen LogP contribution is 2.81. The van der Waals surface area contributed by atoms with Crippen LogP contribution in [-0.4, -0.2) is 26.1 Å². The van der Waals surface area contributed by atoms with E-state index in [1.54, 1.807) is 12.1 Å². The first-order valence-electron chi connectivity index (χ1n) is 15.9. The summed E-state index contributed by atoms with van der Waals surface area (Å²) in [4.78, 5) is 14.0. The summed E-state index contributed by atoms with van der Waals surface area (Å²) in [5.41, 5.74) is 0.386. The van der Waals surface area contributed by atoms with Gasteiger partial charge in [0.25, 0.3) is 10.1 Å². The molecule has 8 bridgehead atoms. The third-order valence-electron chi connectivity index (χ3n) is 13.5. The van der Waals surface area contributed by atoms with Gasteiger partial charge in [0, 0.05) is 0 Å². The van der Waals surface area contributed by atoms with Gasteiger partial charge >= 0.3 is 5.97 Å². The third-order valence-corrected chi connectivity index (χ3v) is 14.8. The van der Waals surface area contributed by atoms with E-state index in [2.05, 4.69) is 12.2 Å². The molecule has 1 aromatic carbocycles. The average molecular weight is 563 g/mol. The van der Waals surface area contributed by atoms with Gasteiger partial charge in [-0.3, -0.25) is 8.98 Å². The largest absolute Gasteiger partial charge is 0.460 e. The summed E-state index contributed by atoms with van der Waals surface area (Å²) in [7, 11) is -3.99. The minimum atomic E-state index is -3.99. The highest BCUT2D eigenvalue weighted by Gasteiger charge is 2.78. The maximum Gasteiger partial charge on any atom is 0.312 e. The Labute approximate surface area is 238 Å². The molecule has 0 radical (unpaired) electrons. The Morgan fingerprint density at radius 2 is 1.23 bits per heavy atom. The fraction of sp³-hybridized carbons (Fsp3) is 0.735. The Morgan fingerprint density at radius 1 is 0.725 bits per heavy atom. The van der Waals surface area contributed by atoms with Crippen molar-refractivity contribution in [3.05, 3.63) is 42.0 Å². The summed E-state index contributed by atoms with van der Waals surface area (Å²) in [6, 6.07) is 6.87. The number of aryl methyl sites for hydroxylation is 1. The van der Waals surface area contributed by atoms with E-state index in [9.17, 15) is 13.2 Å². The maximum absolute atomic E-state index is 13.8. The van der Waals surface area contributed by atoms with Gasteiger partial charge in [-0.05, 0) is 148 Å². The summed E-state index contributed by atoms with van der Waals surface area (Å²) in [6.07, 6.45) is 9.49. The van der Waals surface area contributed by atoms with Crippen LogP contribution in [0.3, 0.4) is 0 Å². The van der Waals surface area contributed by atoms with Gasteiger partial charge in [0.05, 0.1) is 16.9 Å². The van der Waals surface area contributed by atoms with Crippen LogP contribution >= 0.6 is 0 Å². The van der Waals surface area contributed by atoms with Crippen LogP contribution in [0.5, 0.6) is 0 Å². The molecule has 0 amide bonds. The lowest BCUT2D eigenvalue weighted by molar-refractivity contribution is -0.170. The number of fused-ring (bicyclic) bond motifs is 23. The van der Waals surface area contributed by atoms with E-state index in [-0.39, 0.29) is 22.7 Å². The fourth-order valence-corrected chi connectivity index (χ4v) is 14.3. The smallest absolute Gasteiger partial charge is 0.312 e. The Morgan fingerprint density at radius 3 is 1.80 bits per heavy atom. The molecular formula is C34H42O5S. The fourth-order valence-electron chi connectivity index (χ4n) is 13.2. The van der Waals surface area contributed by atoms with Crippen molar-refractivity contribution in [2.45, 2.75) is 70.0 Å². The highest BCUT2D eigenvalue weighted by atomic mass is 32.2. The second-order valence-corrected chi connectivity index (χ2v) is 17.6. The van der Waals surface area contributed by atoms with Crippen molar-refractivity contribution in [3.8, 4) is 0 Å². The van der Waals surface area contributed by atoms with Crippen LogP contribution in [0.15, 0.2) is 41.3 Å². The van der Waals surface area contributed by atoms with Crippen molar-refractivity contribution in [2.24, 2.45) is 88.8 Å². The highest BCUT2D eigenvalue weighted by molar-refractivity contribution is 7.86. The van der Waals surface area contributed by atoms with Crippen LogP contribution in [0, 0.1) is 95.7 Å². The molecule has 0 aromatic heterocycles.